The van der Waals surface area contributed by atoms with Gasteiger partial charge in [0.25, 0.3) is 0 Å². The van der Waals surface area contributed by atoms with Crippen molar-refractivity contribution in [2.24, 2.45) is 0 Å². The van der Waals surface area contributed by atoms with Crippen molar-refractivity contribution in [3.63, 3.8) is 0 Å². The summed E-state index contributed by atoms with van der Waals surface area (Å²) >= 11 is 0. The summed E-state index contributed by atoms with van der Waals surface area (Å²) in [5, 5.41) is 3.52. The van der Waals surface area contributed by atoms with Gasteiger partial charge in [-0.25, -0.2) is 0 Å². The first kappa shape index (κ1) is 13.9. The van der Waals surface area contributed by atoms with Crippen molar-refractivity contribution < 1.29 is 4.42 Å². The zero-order valence-electron chi connectivity index (χ0n) is 12.3. The Morgan fingerprint density at radius 2 is 1.84 bits per heavy atom. The molecule has 0 saturated carbocycles. The number of rotatable bonds is 5. The van der Waals surface area contributed by atoms with Crippen LogP contribution in [0.3, 0.4) is 0 Å². The van der Waals surface area contributed by atoms with Crippen LogP contribution in [0.25, 0.3) is 0 Å². The zero-order chi connectivity index (χ0) is 13.8. The molecule has 0 fully saturated rings. The summed E-state index contributed by atoms with van der Waals surface area (Å²) in [4.78, 5) is 0. The second-order valence-electron chi connectivity index (χ2n) is 5.18. The molecular weight excluding hydrogens is 234 g/mol. The first-order valence-corrected chi connectivity index (χ1v) is 6.98. The van der Waals surface area contributed by atoms with Crippen LogP contribution in [0.4, 0.5) is 0 Å². The van der Waals surface area contributed by atoms with Gasteiger partial charge in [-0.3, -0.25) is 0 Å². The minimum absolute atomic E-state index is 0.329. The Kier molecular flexibility index (Phi) is 4.43. The van der Waals surface area contributed by atoms with Crippen LogP contribution in [-0.4, -0.2) is 0 Å². The van der Waals surface area contributed by atoms with E-state index >= 15 is 0 Å². The Labute approximate surface area is 115 Å². The van der Waals surface area contributed by atoms with Crippen molar-refractivity contribution in [3.8, 4) is 0 Å². The molecule has 0 bridgehead atoms. The van der Waals surface area contributed by atoms with Gasteiger partial charge in [0.1, 0.15) is 11.5 Å². The van der Waals surface area contributed by atoms with Gasteiger partial charge in [0, 0.05) is 12.5 Å². The molecule has 2 nitrogen and oxygen atoms in total. The highest BCUT2D eigenvalue weighted by molar-refractivity contribution is 5.32. The van der Waals surface area contributed by atoms with E-state index in [1.807, 2.05) is 0 Å². The molecule has 0 radical (unpaired) electrons. The number of nitrogens with one attached hydrogen (secondary N) is 1. The maximum atomic E-state index is 5.71. The summed E-state index contributed by atoms with van der Waals surface area (Å²) in [6, 6.07) is 11.1. The van der Waals surface area contributed by atoms with Gasteiger partial charge >= 0.3 is 0 Å². The molecule has 1 aromatic heterocycles. The maximum absolute atomic E-state index is 5.71. The van der Waals surface area contributed by atoms with Crippen molar-refractivity contribution in [1.82, 2.24) is 5.32 Å². The molecule has 0 aliphatic carbocycles. The fraction of sp³-hybridized carbons (Fsp3) is 0.412. The Hall–Kier alpha value is -1.54. The SMILES string of the molecule is CCc1ccc(CNC(C)c2ccc(C)cc2C)o1. The summed E-state index contributed by atoms with van der Waals surface area (Å²) in [5.41, 5.74) is 4.01. The molecule has 19 heavy (non-hydrogen) atoms. The van der Waals surface area contributed by atoms with E-state index in [0.717, 1.165) is 24.5 Å². The van der Waals surface area contributed by atoms with Crippen molar-refractivity contribution in [3.05, 3.63) is 58.5 Å². The molecule has 1 aromatic carbocycles. The topological polar surface area (TPSA) is 25.2 Å². The molecule has 0 aliphatic heterocycles. The summed E-state index contributed by atoms with van der Waals surface area (Å²) in [7, 11) is 0. The van der Waals surface area contributed by atoms with Crippen molar-refractivity contribution in [2.75, 3.05) is 0 Å². The fourth-order valence-electron chi connectivity index (χ4n) is 2.38. The average Bonchev–Trinajstić information content (AvgIpc) is 2.84. The highest BCUT2D eigenvalue weighted by Gasteiger charge is 2.09. The van der Waals surface area contributed by atoms with Gasteiger partial charge < -0.3 is 9.73 Å². The summed E-state index contributed by atoms with van der Waals surface area (Å²) in [5.74, 6) is 2.06. The number of hydrogen-bond acceptors (Lipinski definition) is 2. The van der Waals surface area contributed by atoms with Crippen LogP contribution < -0.4 is 5.32 Å². The van der Waals surface area contributed by atoms with Gasteiger partial charge in [-0.2, -0.15) is 0 Å². The van der Waals surface area contributed by atoms with Gasteiger partial charge in [-0.05, 0) is 44.0 Å². The molecule has 0 aliphatic rings. The van der Waals surface area contributed by atoms with Crippen molar-refractivity contribution >= 4 is 0 Å². The highest BCUT2D eigenvalue weighted by Crippen LogP contribution is 2.19. The van der Waals surface area contributed by atoms with E-state index in [9.17, 15) is 0 Å². The molecule has 2 rings (SSSR count). The molecule has 0 saturated heterocycles. The second kappa shape index (κ2) is 6.07. The van der Waals surface area contributed by atoms with Gasteiger partial charge in [-0.15, -0.1) is 0 Å². The van der Waals surface area contributed by atoms with E-state index in [2.05, 4.69) is 63.3 Å². The van der Waals surface area contributed by atoms with Gasteiger partial charge in [0.05, 0.1) is 6.54 Å². The van der Waals surface area contributed by atoms with Crippen LogP contribution in [0.15, 0.2) is 34.7 Å². The van der Waals surface area contributed by atoms with E-state index < -0.39 is 0 Å². The third-order valence-corrected chi connectivity index (χ3v) is 3.54. The minimum atomic E-state index is 0.329. The van der Waals surface area contributed by atoms with Gasteiger partial charge in [-0.1, -0.05) is 30.7 Å². The van der Waals surface area contributed by atoms with E-state index in [1.54, 1.807) is 0 Å². The smallest absolute Gasteiger partial charge is 0.117 e. The second-order valence-corrected chi connectivity index (χ2v) is 5.18. The first-order chi connectivity index (χ1) is 9.10. The van der Waals surface area contributed by atoms with Crippen molar-refractivity contribution in [1.29, 1.82) is 0 Å². The van der Waals surface area contributed by atoms with E-state index in [4.69, 9.17) is 4.42 Å². The molecule has 1 heterocycles. The molecule has 1 unspecified atom stereocenters. The Morgan fingerprint density at radius 3 is 2.47 bits per heavy atom. The largest absolute Gasteiger partial charge is 0.465 e. The number of furan rings is 1. The molecule has 1 atom stereocenters. The van der Waals surface area contributed by atoms with E-state index in [1.165, 1.54) is 16.7 Å². The van der Waals surface area contributed by atoms with Crippen LogP contribution >= 0.6 is 0 Å². The van der Waals surface area contributed by atoms with Gasteiger partial charge in [0.15, 0.2) is 0 Å². The van der Waals surface area contributed by atoms with E-state index in [-0.39, 0.29) is 0 Å². The highest BCUT2D eigenvalue weighted by atomic mass is 16.3. The summed E-state index contributed by atoms with van der Waals surface area (Å²) in [6.07, 6.45) is 0.951. The quantitative estimate of drug-likeness (QED) is 0.863. The predicted molar refractivity (Wildman–Crippen MR) is 79.3 cm³/mol. The minimum Gasteiger partial charge on any atom is -0.465 e. The van der Waals surface area contributed by atoms with Crippen LogP contribution in [0.1, 0.15) is 48.1 Å². The summed E-state index contributed by atoms with van der Waals surface area (Å²) in [6.45, 7) is 9.37. The lowest BCUT2D eigenvalue weighted by atomic mass is 10.0. The molecule has 0 spiro atoms. The molecular formula is C17H23NO. The number of benzene rings is 1. The molecule has 102 valence electrons. The lowest BCUT2D eigenvalue weighted by molar-refractivity contribution is 0.435. The zero-order valence-corrected chi connectivity index (χ0v) is 12.3. The summed E-state index contributed by atoms with van der Waals surface area (Å²) < 4.78 is 5.71. The van der Waals surface area contributed by atoms with Crippen molar-refractivity contribution in [2.45, 2.75) is 46.7 Å². The predicted octanol–water partition coefficient (Wildman–Crippen LogP) is 4.31. The lowest BCUT2D eigenvalue weighted by Crippen LogP contribution is -2.18. The van der Waals surface area contributed by atoms with Crippen LogP contribution in [0, 0.1) is 13.8 Å². The van der Waals surface area contributed by atoms with Crippen LogP contribution in [-0.2, 0) is 13.0 Å². The number of hydrogen-bond donors (Lipinski definition) is 1. The molecule has 2 heteroatoms. The lowest BCUT2D eigenvalue weighted by Gasteiger charge is -2.16. The molecule has 0 amide bonds. The van der Waals surface area contributed by atoms with Crippen LogP contribution in [0.2, 0.25) is 0 Å². The monoisotopic (exact) mass is 257 g/mol. The molecule has 2 aromatic rings. The van der Waals surface area contributed by atoms with Gasteiger partial charge in [0.2, 0.25) is 0 Å². The number of aryl methyl sites for hydroxylation is 3. The Morgan fingerprint density at radius 1 is 1.11 bits per heavy atom. The third-order valence-electron chi connectivity index (χ3n) is 3.54. The van der Waals surface area contributed by atoms with E-state index in [0.29, 0.717) is 6.04 Å². The van der Waals surface area contributed by atoms with Crippen LogP contribution in [0.5, 0.6) is 0 Å². The fourth-order valence-corrected chi connectivity index (χ4v) is 2.38. The maximum Gasteiger partial charge on any atom is 0.117 e. The Bertz CT molecular complexity index is 542. The Balaban J connectivity index is 1.98. The third kappa shape index (κ3) is 3.48. The molecule has 1 N–H and O–H groups in total. The average molecular weight is 257 g/mol. The standard InChI is InChI=1S/C17H23NO/c1-5-15-7-8-16(19-15)11-18-14(4)17-9-6-12(2)10-13(17)3/h6-10,14,18H,5,11H2,1-4H3. The normalized spacial score (nSPS) is 12.6. The first-order valence-electron chi connectivity index (χ1n) is 6.98.